The minimum atomic E-state index is -0.381. The largest absolute Gasteiger partial charge is 0.338 e. The number of hydrogen-bond donors (Lipinski definition) is 0. The second kappa shape index (κ2) is 6.71. The monoisotopic (exact) mass is 364 g/mol. The zero-order valence-electron chi connectivity index (χ0n) is 15.1. The van der Waals surface area contributed by atoms with E-state index in [9.17, 15) is 4.39 Å². The molecule has 0 bridgehead atoms. The zero-order chi connectivity index (χ0) is 19.0. The van der Waals surface area contributed by atoms with Crippen LogP contribution >= 0.6 is 0 Å². The highest BCUT2D eigenvalue weighted by molar-refractivity contribution is 5.71. The van der Waals surface area contributed by atoms with Crippen molar-refractivity contribution < 1.29 is 8.91 Å². The van der Waals surface area contributed by atoms with Gasteiger partial charge in [0.1, 0.15) is 5.69 Å². The lowest BCUT2D eigenvalue weighted by Crippen LogP contribution is -2.00. The molecular weight excluding hydrogens is 347 g/mol. The molecule has 0 radical (unpaired) electrons. The van der Waals surface area contributed by atoms with Crippen molar-refractivity contribution in [3.63, 3.8) is 0 Å². The SMILES string of the molecule is Cc1ccncc1-c1cc(-c2noc(Cc3ccnn3C)n2)nc(C)c1F. The minimum Gasteiger partial charge on any atom is -0.338 e. The molecule has 0 saturated carbocycles. The van der Waals surface area contributed by atoms with Crippen LogP contribution in [0, 0.1) is 19.7 Å². The van der Waals surface area contributed by atoms with E-state index in [2.05, 4.69) is 25.2 Å². The molecule has 0 unspecified atom stereocenters. The van der Waals surface area contributed by atoms with Crippen LogP contribution in [0.2, 0.25) is 0 Å². The third-order valence-corrected chi connectivity index (χ3v) is 4.40. The van der Waals surface area contributed by atoms with Gasteiger partial charge in [0, 0.05) is 42.5 Å². The number of aromatic nitrogens is 6. The van der Waals surface area contributed by atoms with Gasteiger partial charge < -0.3 is 4.52 Å². The van der Waals surface area contributed by atoms with E-state index in [1.807, 2.05) is 26.1 Å². The van der Waals surface area contributed by atoms with Gasteiger partial charge in [0.25, 0.3) is 0 Å². The molecule has 27 heavy (non-hydrogen) atoms. The molecule has 0 aliphatic rings. The third-order valence-electron chi connectivity index (χ3n) is 4.40. The van der Waals surface area contributed by atoms with Gasteiger partial charge in [0.15, 0.2) is 5.82 Å². The summed E-state index contributed by atoms with van der Waals surface area (Å²) in [7, 11) is 1.85. The Morgan fingerprint density at radius 2 is 1.96 bits per heavy atom. The number of nitrogens with zero attached hydrogens (tertiary/aromatic N) is 6. The Labute approximate surface area is 154 Å². The summed E-state index contributed by atoms with van der Waals surface area (Å²) in [6.07, 6.45) is 5.48. The topological polar surface area (TPSA) is 82.5 Å². The van der Waals surface area contributed by atoms with Crippen LogP contribution in [0.1, 0.15) is 22.8 Å². The molecule has 0 atom stereocenters. The summed E-state index contributed by atoms with van der Waals surface area (Å²) in [5.41, 5.74) is 3.71. The number of rotatable bonds is 4. The van der Waals surface area contributed by atoms with Gasteiger partial charge in [0.2, 0.25) is 11.7 Å². The molecule has 4 rings (SSSR count). The quantitative estimate of drug-likeness (QED) is 0.553. The average molecular weight is 364 g/mol. The summed E-state index contributed by atoms with van der Waals surface area (Å²) in [4.78, 5) is 12.8. The first-order valence-electron chi connectivity index (χ1n) is 8.41. The van der Waals surface area contributed by atoms with E-state index < -0.39 is 0 Å². The lowest BCUT2D eigenvalue weighted by Gasteiger charge is -2.09. The smallest absolute Gasteiger partial charge is 0.233 e. The molecule has 0 aliphatic carbocycles. The maximum atomic E-state index is 14.7. The van der Waals surface area contributed by atoms with Gasteiger partial charge in [0.05, 0.1) is 12.1 Å². The fourth-order valence-corrected chi connectivity index (χ4v) is 2.87. The molecule has 0 fully saturated rings. The van der Waals surface area contributed by atoms with Crippen molar-refractivity contribution in [3.05, 3.63) is 65.4 Å². The van der Waals surface area contributed by atoms with Gasteiger partial charge in [-0.1, -0.05) is 5.16 Å². The van der Waals surface area contributed by atoms with Gasteiger partial charge in [-0.15, -0.1) is 0 Å². The average Bonchev–Trinajstić information content (AvgIpc) is 3.28. The van der Waals surface area contributed by atoms with E-state index in [0.29, 0.717) is 35.0 Å². The van der Waals surface area contributed by atoms with Crippen molar-refractivity contribution in [3.8, 4) is 22.6 Å². The van der Waals surface area contributed by atoms with Crippen LogP contribution in [-0.4, -0.2) is 29.9 Å². The summed E-state index contributed by atoms with van der Waals surface area (Å²) in [6.45, 7) is 3.52. The van der Waals surface area contributed by atoms with Crippen LogP contribution in [0.3, 0.4) is 0 Å². The Hall–Kier alpha value is -3.42. The van der Waals surface area contributed by atoms with Crippen LogP contribution in [0.4, 0.5) is 4.39 Å². The first-order valence-corrected chi connectivity index (χ1v) is 8.41. The summed E-state index contributed by atoms with van der Waals surface area (Å²) < 4.78 is 21.8. The summed E-state index contributed by atoms with van der Waals surface area (Å²) in [6, 6.07) is 5.35. The highest BCUT2D eigenvalue weighted by Gasteiger charge is 2.18. The predicted octanol–water partition coefficient (Wildman–Crippen LogP) is 3.27. The molecule has 4 heterocycles. The predicted molar refractivity (Wildman–Crippen MR) is 96.2 cm³/mol. The molecule has 136 valence electrons. The van der Waals surface area contributed by atoms with Crippen LogP contribution in [0.25, 0.3) is 22.6 Å². The van der Waals surface area contributed by atoms with Crippen molar-refractivity contribution in [2.75, 3.05) is 0 Å². The molecule has 0 saturated heterocycles. The number of pyridine rings is 2. The lowest BCUT2D eigenvalue weighted by atomic mass is 10.0. The van der Waals surface area contributed by atoms with Crippen LogP contribution in [-0.2, 0) is 13.5 Å². The molecule has 0 aliphatic heterocycles. The molecule has 8 heteroatoms. The van der Waals surface area contributed by atoms with Crippen molar-refractivity contribution in [2.45, 2.75) is 20.3 Å². The van der Waals surface area contributed by atoms with Gasteiger partial charge in [-0.25, -0.2) is 9.37 Å². The maximum absolute atomic E-state index is 14.7. The number of halogens is 1. The standard InChI is InChI=1S/C19H17FN6O/c1-11-4-6-21-10-15(11)14-9-16(23-12(2)18(14)20)19-24-17(27-25-19)8-13-5-7-22-26(13)3/h4-7,9-10H,8H2,1-3H3. The van der Waals surface area contributed by atoms with Crippen LogP contribution in [0.5, 0.6) is 0 Å². The first-order chi connectivity index (χ1) is 13.0. The van der Waals surface area contributed by atoms with Crippen molar-refractivity contribution in [1.82, 2.24) is 29.9 Å². The second-order valence-electron chi connectivity index (χ2n) is 6.28. The molecular formula is C19H17FN6O. The molecule has 0 spiro atoms. The Bertz CT molecular complexity index is 1120. The molecule has 0 N–H and O–H groups in total. The van der Waals surface area contributed by atoms with Crippen molar-refractivity contribution >= 4 is 0 Å². The molecule has 4 aromatic heterocycles. The van der Waals surface area contributed by atoms with Gasteiger partial charge in [-0.2, -0.15) is 10.1 Å². The summed E-state index contributed by atoms with van der Waals surface area (Å²) >= 11 is 0. The van der Waals surface area contributed by atoms with E-state index in [-0.39, 0.29) is 11.5 Å². The summed E-state index contributed by atoms with van der Waals surface area (Å²) in [5.74, 6) is 0.378. The molecule has 0 aromatic carbocycles. The molecule has 4 aromatic rings. The normalized spacial score (nSPS) is 11.1. The van der Waals surface area contributed by atoms with E-state index in [1.54, 1.807) is 36.3 Å². The fourth-order valence-electron chi connectivity index (χ4n) is 2.87. The van der Waals surface area contributed by atoms with Gasteiger partial charge in [-0.3, -0.25) is 9.67 Å². The molecule has 0 amide bonds. The van der Waals surface area contributed by atoms with E-state index >= 15 is 0 Å². The van der Waals surface area contributed by atoms with Gasteiger partial charge >= 0.3 is 0 Å². The van der Waals surface area contributed by atoms with Crippen LogP contribution in [0.15, 0.2) is 41.3 Å². The van der Waals surface area contributed by atoms with Crippen molar-refractivity contribution in [2.24, 2.45) is 7.05 Å². The Kier molecular flexibility index (Phi) is 4.23. The Morgan fingerprint density at radius 1 is 1.11 bits per heavy atom. The Morgan fingerprint density at radius 3 is 2.70 bits per heavy atom. The number of aryl methyl sites for hydroxylation is 3. The summed E-state index contributed by atoms with van der Waals surface area (Å²) in [5, 5.41) is 8.13. The van der Waals surface area contributed by atoms with E-state index in [4.69, 9.17) is 4.52 Å². The van der Waals surface area contributed by atoms with E-state index in [0.717, 1.165) is 11.3 Å². The zero-order valence-corrected chi connectivity index (χ0v) is 15.1. The third kappa shape index (κ3) is 3.21. The minimum absolute atomic E-state index is 0.267. The van der Waals surface area contributed by atoms with Gasteiger partial charge in [-0.05, 0) is 37.6 Å². The van der Waals surface area contributed by atoms with E-state index in [1.165, 1.54) is 0 Å². The second-order valence-corrected chi connectivity index (χ2v) is 6.28. The Balaban J connectivity index is 1.73. The number of hydrogen-bond acceptors (Lipinski definition) is 6. The highest BCUT2D eigenvalue weighted by atomic mass is 19.1. The first kappa shape index (κ1) is 17.0. The highest BCUT2D eigenvalue weighted by Crippen LogP contribution is 2.29. The van der Waals surface area contributed by atoms with Crippen molar-refractivity contribution in [1.29, 1.82) is 0 Å². The molecule has 7 nitrogen and oxygen atoms in total. The maximum Gasteiger partial charge on any atom is 0.233 e. The fraction of sp³-hybridized carbons (Fsp3) is 0.211. The lowest BCUT2D eigenvalue weighted by molar-refractivity contribution is 0.383. The van der Waals surface area contributed by atoms with Crippen LogP contribution < -0.4 is 0 Å².